The number of halogens is 7. The van der Waals surface area contributed by atoms with E-state index in [4.69, 9.17) is 11.6 Å². The summed E-state index contributed by atoms with van der Waals surface area (Å²) < 4.78 is 106. The largest absolute Gasteiger partial charge is 0.416 e. The van der Waals surface area contributed by atoms with E-state index in [0.717, 1.165) is 22.5 Å². The van der Waals surface area contributed by atoms with Crippen LogP contribution in [0.2, 0.25) is 5.02 Å². The Labute approximate surface area is 207 Å². The number of benzene rings is 3. The van der Waals surface area contributed by atoms with Crippen molar-refractivity contribution in [3.05, 3.63) is 88.4 Å². The molecule has 1 N–H and O–H groups in total. The van der Waals surface area contributed by atoms with Gasteiger partial charge in [-0.2, -0.15) is 26.3 Å². The van der Waals surface area contributed by atoms with Crippen molar-refractivity contribution in [3.8, 4) is 0 Å². The molecule has 0 atom stereocenters. The highest BCUT2D eigenvalue weighted by atomic mass is 35.5. The number of anilines is 2. The van der Waals surface area contributed by atoms with E-state index in [0.29, 0.717) is 5.69 Å². The summed E-state index contributed by atoms with van der Waals surface area (Å²) in [6.45, 7) is 1.64. The molecule has 192 valence electrons. The van der Waals surface area contributed by atoms with E-state index in [1.807, 2.05) is 0 Å². The number of rotatable bonds is 6. The lowest BCUT2D eigenvalue weighted by atomic mass is 10.0. The highest BCUT2D eigenvalue weighted by Crippen LogP contribution is 2.37. The van der Waals surface area contributed by atoms with Crippen molar-refractivity contribution in [2.75, 3.05) is 16.2 Å². The van der Waals surface area contributed by atoms with Crippen molar-refractivity contribution in [2.24, 2.45) is 0 Å². The second-order valence-corrected chi connectivity index (χ2v) is 9.67. The Morgan fingerprint density at radius 3 is 1.94 bits per heavy atom. The number of nitrogens with zero attached hydrogens (tertiary/aromatic N) is 1. The van der Waals surface area contributed by atoms with Crippen molar-refractivity contribution >= 4 is 38.9 Å². The number of hydrogen-bond donors (Lipinski definition) is 1. The van der Waals surface area contributed by atoms with Gasteiger partial charge in [0.15, 0.2) is 0 Å². The molecule has 5 nitrogen and oxygen atoms in total. The molecule has 0 aliphatic heterocycles. The summed E-state index contributed by atoms with van der Waals surface area (Å²) in [5.41, 5.74) is -4.26. The predicted octanol–water partition coefficient (Wildman–Crippen LogP) is 6.85. The fourth-order valence-electron chi connectivity index (χ4n) is 3.25. The number of hydrogen-bond acceptors (Lipinski definition) is 3. The predicted molar refractivity (Wildman–Crippen MR) is 122 cm³/mol. The van der Waals surface area contributed by atoms with Crippen molar-refractivity contribution < 1.29 is 39.6 Å². The van der Waals surface area contributed by atoms with Gasteiger partial charge in [0.25, 0.3) is 15.9 Å². The molecular formula is C23H17ClF6N2O3S. The molecule has 0 aliphatic rings. The molecular weight excluding hydrogens is 534 g/mol. The van der Waals surface area contributed by atoms with Crippen LogP contribution in [0.25, 0.3) is 0 Å². The van der Waals surface area contributed by atoms with Gasteiger partial charge in [0.05, 0.1) is 32.4 Å². The lowest BCUT2D eigenvalue weighted by Crippen LogP contribution is -2.30. The molecule has 0 saturated heterocycles. The molecule has 0 fully saturated rings. The number of alkyl halides is 6. The van der Waals surface area contributed by atoms with Gasteiger partial charge >= 0.3 is 12.4 Å². The van der Waals surface area contributed by atoms with Gasteiger partial charge in [-0.1, -0.05) is 29.8 Å². The molecule has 0 spiro atoms. The van der Waals surface area contributed by atoms with Crippen LogP contribution >= 0.6 is 11.6 Å². The lowest BCUT2D eigenvalue weighted by molar-refractivity contribution is -0.143. The molecule has 0 heterocycles. The minimum absolute atomic E-state index is 0.0428. The third-order valence-corrected chi connectivity index (χ3v) is 7.18. The Kier molecular flexibility index (Phi) is 7.61. The van der Waals surface area contributed by atoms with E-state index in [-0.39, 0.29) is 40.3 Å². The Hall–Kier alpha value is -3.25. The van der Waals surface area contributed by atoms with Gasteiger partial charge in [0.1, 0.15) is 0 Å². The summed E-state index contributed by atoms with van der Waals surface area (Å²) in [7, 11) is -4.17. The first-order chi connectivity index (χ1) is 16.6. The van der Waals surface area contributed by atoms with Crippen LogP contribution in [0.4, 0.5) is 37.7 Å². The first kappa shape index (κ1) is 27.3. The summed E-state index contributed by atoms with van der Waals surface area (Å²) in [6, 6.07) is 11.7. The number of carbonyl (C=O) groups excluding carboxylic acids is 1. The number of amides is 1. The molecule has 3 aromatic rings. The van der Waals surface area contributed by atoms with Crippen LogP contribution in [0, 0.1) is 0 Å². The third kappa shape index (κ3) is 5.93. The molecule has 3 aromatic carbocycles. The maximum atomic E-state index is 13.2. The van der Waals surface area contributed by atoms with Crippen LogP contribution < -0.4 is 9.62 Å². The second kappa shape index (κ2) is 10.0. The zero-order valence-electron chi connectivity index (χ0n) is 18.3. The van der Waals surface area contributed by atoms with Crippen molar-refractivity contribution in [2.45, 2.75) is 24.2 Å². The molecule has 0 saturated carbocycles. The molecule has 13 heteroatoms. The lowest BCUT2D eigenvalue weighted by Gasteiger charge is -2.23. The zero-order valence-corrected chi connectivity index (χ0v) is 19.9. The summed E-state index contributed by atoms with van der Waals surface area (Å²) in [6.07, 6.45) is -10.3. The van der Waals surface area contributed by atoms with Crippen molar-refractivity contribution in [3.63, 3.8) is 0 Å². The average Bonchev–Trinajstić information content (AvgIpc) is 2.80. The van der Waals surface area contributed by atoms with E-state index in [1.54, 1.807) is 37.3 Å². The molecule has 0 aliphatic carbocycles. The Balaban J connectivity index is 2.00. The highest BCUT2D eigenvalue weighted by Gasteiger charge is 2.37. The van der Waals surface area contributed by atoms with Crippen LogP contribution in [-0.4, -0.2) is 20.9 Å². The number of para-hydroxylation sites is 1. The van der Waals surface area contributed by atoms with E-state index in [2.05, 4.69) is 5.32 Å². The quantitative estimate of drug-likeness (QED) is 0.342. The Bertz CT molecular complexity index is 1340. The summed E-state index contributed by atoms with van der Waals surface area (Å²) in [4.78, 5) is 12.3. The van der Waals surface area contributed by atoms with Gasteiger partial charge in [-0.25, -0.2) is 8.42 Å². The maximum absolute atomic E-state index is 13.2. The summed E-state index contributed by atoms with van der Waals surface area (Å²) >= 11 is 6.03. The second-order valence-electron chi connectivity index (χ2n) is 7.40. The smallest absolute Gasteiger partial charge is 0.321 e. The SMILES string of the molecule is CCN(c1ccccc1)S(=O)(=O)c1ccc(Cl)c(NC(=O)c2cc(C(F)(F)F)cc(C(F)(F)F)c2)c1. The van der Waals surface area contributed by atoms with E-state index in [9.17, 15) is 39.6 Å². The van der Waals surface area contributed by atoms with Gasteiger partial charge in [0.2, 0.25) is 0 Å². The minimum Gasteiger partial charge on any atom is -0.321 e. The monoisotopic (exact) mass is 550 g/mol. The number of nitrogens with one attached hydrogen (secondary N) is 1. The van der Waals surface area contributed by atoms with E-state index < -0.39 is 45.0 Å². The van der Waals surface area contributed by atoms with Gasteiger partial charge < -0.3 is 5.32 Å². The van der Waals surface area contributed by atoms with Crippen LogP contribution in [0.15, 0.2) is 71.6 Å². The topological polar surface area (TPSA) is 66.5 Å². The van der Waals surface area contributed by atoms with Crippen LogP contribution in [0.1, 0.15) is 28.4 Å². The number of carbonyl (C=O) groups is 1. The van der Waals surface area contributed by atoms with Crippen molar-refractivity contribution in [1.82, 2.24) is 0 Å². The van der Waals surface area contributed by atoms with Crippen molar-refractivity contribution in [1.29, 1.82) is 0 Å². The number of sulfonamides is 1. The molecule has 1 amide bonds. The Morgan fingerprint density at radius 1 is 0.889 bits per heavy atom. The minimum atomic E-state index is -5.15. The first-order valence-corrected chi connectivity index (χ1v) is 11.9. The molecule has 0 aromatic heterocycles. The van der Waals surface area contributed by atoms with Crippen LogP contribution in [0.5, 0.6) is 0 Å². The molecule has 0 bridgehead atoms. The molecule has 3 rings (SSSR count). The standard InChI is InChI=1S/C23H17ClF6N2O3S/c1-2-32(17-6-4-3-5-7-17)36(34,35)18-8-9-19(24)20(13-18)31-21(33)14-10-15(22(25,26)27)12-16(11-14)23(28,29)30/h3-13H,2H2,1H3,(H,31,33). The summed E-state index contributed by atoms with van der Waals surface area (Å²) in [5, 5.41) is 1.92. The highest BCUT2D eigenvalue weighted by molar-refractivity contribution is 7.92. The molecule has 0 unspecified atom stereocenters. The van der Waals surface area contributed by atoms with Gasteiger partial charge in [-0.15, -0.1) is 0 Å². The van der Waals surface area contributed by atoms with Crippen LogP contribution in [0.3, 0.4) is 0 Å². The third-order valence-electron chi connectivity index (χ3n) is 4.96. The summed E-state index contributed by atoms with van der Waals surface area (Å²) in [5.74, 6) is -1.35. The zero-order chi connectivity index (χ0) is 26.9. The Morgan fingerprint density at radius 2 is 1.44 bits per heavy atom. The molecule has 36 heavy (non-hydrogen) atoms. The van der Waals surface area contributed by atoms with Crippen LogP contribution in [-0.2, 0) is 22.4 Å². The van der Waals surface area contributed by atoms with Gasteiger partial charge in [-0.3, -0.25) is 9.10 Å². The fourth-order valence-corrected chi connectivity index (χ4v) is 4.92. The maximum Gasteiger partial charge on any atom is 0.416 e. The fraction of sp³-hybridized carbons (Fsp3) is 0.174. The van der Waals surface area contributed by atoms with E-state index >= 15 is 0 Å². The first-order valence-electron chi connectivity index (χ1n) is 10.1. The molecule has 0 radical (unpaired) electrons. The van der Waals surface area contributed by atoms with Gasteiger partial charge in [-0.05, 0) is 55.5 Å². The van der Waals surface area contributed by atoms with Gasteiger partial charge in [0, 0.05) is 12.1 Å². The van der Waals surface area contributed by atoms with E-state index in [1.165, 1.54) is 0 Å². The average molecular weight is 551 g/mol. The normalized spacial score (nSPS) is 12.3.